The molecule has 1 N–H and O–H groups in total. The standard InChI is InChI=1S/C16H24N2OS/c1-13(17-12-15-9-6-10-20-15)11-16(19)18(2)14-7-4-3-5-8-14/h3-5,7-8,13,15,17H,6,9-12H2,1-2H3/t13-,15-/m0/s1. The van der Waals surface area contributed by atoms with Crippen LogP contribution in [-0.2, 0) is 4.79 Å². The Morgan fingerprint density at radius 3 is 2.85 bits per heavy atom. The number of nitrogens with zero attached hydrogens (tertiary/aromatic N) is 1. The SMILES string of the molecule is C[C@@H](CC(=O)N(C)c1ccccc1)NC[C@@H]1CCCS1. The molecule has 2 atom stereocenters. The minimum atomic E-state index is 0.162. The summed E-state index contributed by atoms with van der Waals surface area (Å²) < 4.78 is 0. The van der Waals surface area contributed by atoms with E-state index in [4.69, 9.17) is 0 Å². The van der Waals surface area contributed by atoms with Gasteiger partial charge in [-0.2, -0.15) is 11.8 Å². The van der Waals surface area contributed by atoms with Gasteiger partial charge in [-0.15, -0.1) is 0 Å². The largest absolute Gasteiger partial charge is 0.315 e. The number of carbonyl (C=O) groups is 1. The third-order valence-electron chi connectivity index (χ3n) is 3.72. The van der Waals surface area contributed by atoms with Crippen LogP contribution >= 0.6 is 11.8 Å². The lowest BCUT2D eigenvalue weighted by molar-refractivity contribution is -0.118. The number of amides is 1. The van der Waals surface area contributed by atoms with Gasteiger partial charge >= 0.3 is 0 Å². The first kappa shape index (κ1) is 15.4. The van der Waals surface area contributed by atoms with E-state index in [1.54, 1.807) is 4.90 Å². The fourth-order valence-corrected chi connectivity index (χ4v) is 3.62. The van der Waals surface area contributed by atoms with Crippen molar-refractivity contribution in [2.24, 2.45) is 0 Å². The molecule has 1 aromatic carbocycles. The number of nitrogens with one attached hydrogen (secondary N) is 1. The molecule has 110 valence electrons. The van der Waals surface area contributed by atoms with Crippen molar-refractivity contribution < 1.29 is 4.79 Å². The van der Waals surface area contributed by atoms with Crippen LogP contribution in [0.4, 0.5) is 5.69 Å². The van der Waals surface area contributed by atoms with Gasteiger partial charge in [0, 0.05) is 37.0 Å². The third-order valence-corrected chi connectivity index (χ3v) is 5.11. The lowest BCUT2D eigenvalue weighted by Crippen LogP contribution is -2.37. The van der Waals surface area contributed by atoms with Gasteiger partial charge in [-0.25, -0.2) is 0 Å². The number of hydrogen-bond donors (Lipinski definition) is 1. The molecule has 0 aromatic heterocycles. The molecule has 0 aliphatic carbocycles. The van der Waals surface area contributed by atoms with E-state index in [1.807, 2.05) is 49.1 Å². The molecule has 1 amide bonds. The van der Waals surface area contributed by atoms with Crippen LogP contribution in [0.3, 0.4) is 0 Å². The van der Waals surface area contributed by atoms with Gasteiger partial charge in [0.1, 0.15) is 0 Å². The van der Waals surface area contributed by atoms with E-state index in [2.05, 4.69) is 12.2 Å². The summed E-state index contributed by atoms with van der Waals surface area (Å²) in [4.78, 5) is 14.0. The molecule has 0 spiro atoms. The Hall–Kier alpha value is -1.00. The monoisotopic (exact) mass is 292 g/mol. The maximum Gasteiger partial charge on any atom is 0.228 e. The van der Waals surface area contributed by atoms with E-state index in [0.29, 0.717) is 6.42 Å². The number of hydrogen-bond acceptors (Lipinski definition) is 3. The van der Waals surface area contributed by atoms with E-state index in [1.165, 1.54) is 18.6 Å². The first-order chi connectivity index (χ1) is 9.66. The van der Waals surface area contributed by atoms with Crippen molar-refractivity contribution in [3.63, 3.8) is 0 Å². The molecule has 0 bridgehead atoms. The molecule has 4 heteroatoms. The normalized spacial score (nSPS) is 19.8. The van der Waals surface area contributed by atoms with Crippen LogP contribution in [0.1, 0.15) is 26.2 Å². The van der Waals surface area contributed by atoms with Gasteiger partial charge in [-0.05, 0) is 37.7 Å². The summed E-state index contributed by atoms with van der Waals surface area (Å²) in [7, 11) is 1.84. The van der Waals surface area contributed by atoms with E-state index in [0.717, 1.165) is 17.5 Å². The van der Waals surface area contributed by atoms with Crippen LogP contribution in [0.5, 0.6) is 0 Å². The summed E-state index contributed by atoms with van der Waals surface area (Å²) in [6.45, 7) is 3.12. The number of benzene rings is 1. The fraction of sp³-hybridized carbons (Fsp3) is 0.562. The quantitative estimate of drug-likeness (QED) is 0.875. The lowest BCUT2D eigenvalue weighted by atomic mass is 10.2. The van der Waals surface area contributed by atoms with E-state index >= 15 is 0 Å². The summed E-state index contributed by atoms with van der Waals surface area (Å²) in [5.41, 5.74) is 0.955. The maximum absolute atomic E-state index is 12.2. The Bertz CT molecular complexity index is 418. The molecule has 2 rings (SSSR count). The second-order valence-corrected chi connectivity index (χ2v) is 6.85. The smallest absolute Gasteiger partial charge is 0.228 e. The van der Waals surface area contributed by atoms with Gasteiger partial charge in [-0.3, -0.25) is 4.79 Å². The number of para-hydroxylation sites is 1. The van der Waals surface area contributed by atoms with Gasteiger partial charge in [0.2, 0.25) is 5.91 Å². The number of anilines is 1. The van der Waals surface area contributed by atoms with Gasteiger partial charge in [0.25, 0.3) is 0 Å². The molecule has 20 heavy (non-hydrogen) atoms. The van der Waals surface area contributed by atoms with Crippen LogP contribution < -0.4 is 10.2 Å². The Labute approximate surface area is 126 Å². The average Bonchev–Trinajstić information content (AvgIpc) is 2.98. The highest BCUT2D eigenvalue weighted by molar-refractivity contribution is 8.00. The molecule has 1 aromatic rings. The second-order valence-electron chi connectivity index (χ2n) is 5.44. The summed E-state index contributed by atoms with van der Waals surface area (Å²) in [5.74, 6) is 1.45. The summed E-state index contributed by atoms with van der Waals surface area (Å²) in [5, 5.41) is 4.23. The molecule has 0 saturated carbocycles. The fourth-order valence-electron chi connectivity index (χ4n) is 2.40. The van der Waals surface area contributed by atoms with Crippen LogP contribution in [0.2, 0.25) is 0 Å². The minimum absolute atomic E-state index is 0.162. The molecule has 0 unspecified atom stereocenters. The molecule has 1 aliphatic rings. The van der Waals surface area contributed by atoms with Gasteiger partial charge in [0.15, 0.2) is 0 Å². The predicted octanol–water partition coefficient (Wildman–Crippen LogP) is 2.91. The molecular weight excluding hydrogens is 268 g/mol. The zero-order chi connectivity index (χ0) is 14.4. The van der Waals surface area contributed by atoms with Crippen molar-refractivity contribution in [2.75, 3.05) is 24.2 Å². The van der Waals surface area contributed by atoms with Crippen molar-refractivity contribution >= 4 is 23.4 Å². The van der Waals surface area contributed by atoms with Crippen molar-refractivity contribution in [3.05, 3.63) is 30.3 Å². The van der Waals surface area contributed by atoms with E-state index in [-0.39, 0.29) is 11.9 Å². The lowest BCUT2D eigenvalue weighted by Gasteiger charge is -2.21. The topological polar surface area (TPSA) is 32.3 Å². The summed E-state index contributed by atoms with van der Waals surface area (Å²) in [6.07, 6.45) is 3.19. The predicted molar refractivity (Wildman–Crippen MR) is 87.4 cm³/mol. The van der Waals surface area contributed by atoms with Crippen molar-refractivity contribution in [1.82, 2.24) is 5.32 Å². The van der Waals surface area contributed by atoms with Crippen molar-refractivity contribution in [3.8, 4) is 0 Å². The first-order valence-electron chi connectivity index (χ1n) is 7.33. The highest BCUT2D eigenvalue weighted by Gasteiger charge is 2.18. The minimum Gasteiger partial charge on any atom is -0.315 e. The molecule has 0 radical (unpaired) electrons. The average molecular weight is 292 g/mol. The van der Waals surface area contributed by atoms with Crippen molar-refractivity contribution in [1.29, 1.82) is 0 Å². The summed E-state index contributed by atoms with van der Waals surface area (Å²) in [6, 6.07) is 10.0. The molecule has 1 heterocycles. The third kappa shape index (κ3) is 4.53. The highest BCUT2D eigenvalue weighted by Crippen LogP contribution is 2.25. The van der Waals surface area contributed by atoms with Crippen molar-refractivity contribution in [2.45, 2.75) is 37.5 Å². The molecule has 1 fully saturated rings. The number of rotatable bonds is 6. The Kier molecular flexibility index (Phi) is 5.92. The highest BCUT2D eigenvalue weighted by atomic mass is 32.2. The van der Waals surface area contributed by atoms with Crippen LogP contribution in [0, 0.1) is 0 Å². The zero-order valence-corrected chi connectivity index (χ0v) is 13.2. The van der Waals surface area contributed by atoms with E-state index < -0.39 is 0 Å². The summed E-state index contributed by atoms with van der Waals surface area (Å²) >= 11 is 2.05. The van der Waals surface area contributed by atoms with Crippen LogP contribution in [0.25, 0.3) is 0 Å². The Balaban J connectivity index is 1.75. The van der Waals surface area contributed by atoms with Gasteiger partial charge in [0.05, 0.1) is 0 Å². The molecule has 3 nitrogen and oxygen atoms in total. The Morgan fingerprint density at radius 1 is 1.45 bits per heavy atom. The second kappa shape index (κ2) is 7.70. The molecule has 1 saturated heterocycles. The Morgan fingerprint density at radius 2 is 2.20 bits per heavy atom. The molecule has 1 aliphatic heterocycles. The first-order valence-corrected chi connectivity index (χ1v) is 8.38. The number of carbonyl (C=O) groups excluding carboxylic acids is 1. The van der Waals surface area contributed by atoms with Gasteiger partial charge < -0.3 is 10.2 Å². The van der Waals surface area contributed by atoms with Gasteiger partial charge in [-0.1, -0.05) is 18.2 Å². The maximum atomic E-state index is 12.2. The number of thioether (sulfide) groups is 1. The van der Waals surface area contributed by atoms with Crippen LogP contribution in [0.15, 0.2) is 30.3 Å². The van der Waals surface area contributed by atoms with E-state index in [9.17, 15) is 4.79 Å². The molecular formula is C16H24N2OS. The van der Waals surface area contributed by atoms with Crippen LogP contribution in [-0.4, -0.2) is 36.5 Å². The zero-order valence-electron chi connectivity index (χ0n) is 12.3.